The van der Waals surface area contributed by atoms with Crippen LogP contribution in [0.15, 0.2) is 48.5 Å². The van der Waals surface area contributed by atoms with Gasteiger partial charge in [-0.2, -0.15) is 0 Å². The van der Waals surface area contributed by atoms with Crippen LogP contribution in [0, 0.1) is 0 Å². The van der Waals surface area contributed by atoms with Gasteiger partial charge in [-0.15, -0.1) is 0 Å². The Morgan fingerprint density at radius 3 is 2.48 bits per heavy atom. The summed E-state index contributed by atoms with van der Waals surface area (Å²) in [4.78, 5) is 0. The molecule has 2 N–H and O–H groups in total. The molecule has 4 heteroatoms. The van der Waals surface area contributed by atoms with Crippen molar-refractivity contribution in [1.29, 1.82) is 0 Å². The van der Waals surface area contributed by atoms with Gasteiger partial charge in [0.05, 0.1) is 26.9 Å². The zero-order chi connectivity index (χ0) is 14.9. The molecule has 0 fully saturated rings. The predicted molar refractivity (Wildman–Crippen MR) is 83.5 cm³/mol. The molecule has 0 aliphatic heterocycles. The Labute approximate surface area is 125 Å². The molecule has 0 saturated carbocycles. The van der Waals surface area contributed by atoms with Crippen LogP contribution < -0.4 is 10.1 Å². The van der Waals surface area contributed by atoms with Crippen LogP contribution in [-0.2, 0) is 18.0 Å². The number of methoxy groups -OCH3 is 1. The Hall–Kier alpha value is -2.04. The maximum absolute atomic E-state index is 8.81. The van der Waals surface area contributed by atoms with E-state index in [1.807, 2.05) is 48.5 Å². The van der Waals surface area contributed by atoms with E-state index in [1.54, 1.807) is 7.11 Å². The molecule has 0 saturated heterocycles. The summed E-state index contributed by atoms with van der Waals surface area (Å²) >= 11 is 0. The van der Waals surface area contributed by atoms with E-state index in [4.69, 9.17) is 14.6 Å². The molecule has 2 aromatic carbocycles. The molecule has 0 atom stereocenters. The number of anilines is 1. The molecule has 0 bridgehead atoms. The van der Waals surface area contributed by atoms with Gasteiger partial charge >= 0.3 is 0 Å². The fourth-order valence-electron chi connectivity index (χ4n) is 1.98. The topological polar surface area (TPSA) is 50.7 Å². The molecule has 0 heterocycles. The van der Waals surface area contributed by atoms with Crippen LogP contribution in [0.5, 0.6) is 5.75 Å². The maximum Gasteiger partial charge on any atom is 0.118 e. The van der Waals surface area contributed by atoms with Crippen molar-refractivity contribution in [3.8, 4) is 5.75 Å². The normalized spacial score (nSPS) is 10.4. The Morgan fingerprint density at radius 2 is 1.76 bits per heavy atom. The molecule has 0 spiro atoms. The van der Waals surface area contributed by atoms with E-state index in [0.29, 0.717) is 19.8 Å². The fourth-order valence-corrected chi connectivity index (χ4v) is 1.98. The highest BCUT2D eigenvalue weighted by atomic mass is 16.5. The van der Waals surface area contributed by atoms with Crippen molar-refractivity contribution in [2.24, 2.45) is 0 Å². The van der Waals surface area contributed by atoms with E-state index in [-0.39, 0.29) is 6.61 Å². The molecule has 0 unspecified atom stereocenters. The highest BCUT2D eigenvalue weighted by Gasteiger charge is 1.98. The molecule has 0 radical (unpaired) electrons. The molecule has 0 aliphatic carbocycles. The second kappa shape index (κ2) is 8.29. The van der Waals surface area contributed by atoms with Gasteiger partial charge in [0.1, 0.15) is 5.75 Å². The van der Waals surface area contributed by atoms with Crippen molar-refractivity contribution in [2.75, 3.05) is 25.6 Å². The first-order valence-electron chi connectivity index (χ1n) is 6.96. The first-order valence-corrected chi connectivity index (χ1v) is 6.96. The van der Waals surface area contributed by atoms with Crippen molar-refractivity contribution in [3.05, 3.63) is 59.7 Å². The Kier molecular flexibility index (Phi) is 6.06. The molecule has 4 nitrogen and oxygen atoms in total. The molecule has 0 amide bonds. The SMILES string of the molecule is COc1ccc(COCc2cccc(NCCO)c2)cc1. The standard InChI is InChI=1S/C17H21NO3/c1-20-17-7-5-14(6-8-17)12-21-13-15-3-2-4-16(11-15)18-9-10-19/h2-8,11,18-19H,9-10,12-13H2,1H3. The van der Waals surface area contributed by atoms with E-state index >= 15 is 0 Å². The number of hydrogen-bond acceptors (Lipinski definition) is 4. The van der Waals surface area contributed by atoms with Gasteiger partial charge in [-0.25, -0.2) is 0 Å². The van der Waals surface area contributed by atoms with E-state index in [2.05, 4.69) is 5.32 Å². The highest BCUT2D eigenvalue weighted by Crippen LogP contribution is 2.14. The van der Waals surface area contributed by atoms with E-state index in [0.717, 1.165) is 22.6 Å². The molecule has 2 aromatic rings. The van der Waals surface area contributed by atoms with Crippen molar-refractivity contribution in [2.45, 2.75) is 13.2 Å². The second-order valence-corrected chi connectivity index (χ2v) is 4.69. The number of ether oxygens (including phenoxy) is 2. The van der Waals surface area contributed by atoms with E-state index in [1.165, 1.54) is 0 Å². The van der Waals surface area contributed by atoms with E-state index in [9.17, 15) is 0 Å². The number of benzene rings is 2. The number of nitrogens with one attached hydrogen (secondary N) is 1. The first kappa shape index (κ1) is 15.4. The largest absolute Gasteiger partial charge is 0.497 e. The van der Waals surface area contributed by atoms with Crippen molar-refractivity contribution < 1.29 is 14.6 Å². The summed E-state index contributed by atoms with van der Waals surface area (Å²) in [6.45, 7) is 1.80. The minimum absolute atomic E-state index is 0.123. The third-order valence-corrected chi connectivity index (χ3v) is 3.06. The average Bonchev–Trinajstić information content (AvgIpc) is 2.54. The lowest BCUT2D eigenvalue weighted by Crippen LogP contribution is -2.05. The van der Waals surface area contributed by atoms with Gasteiger partial charge in [0.15, 0.2) is 0 Å². The van der Waals surface area contributed by atoms with Crippen molar-refractivity contribution in [3.63, 3.8) is 0 Å². The van der Waals surface area contributed by atoms with Crippen molar-refractivity contribution in [1.82, 2.24) is 0 Å². The van der Waals surface area contributed by atoms with Crippen LogP contribution >= 0.6 is 0 Å². The second-order valence-electron chi connectivity index (χ2n) is 4.69. The first-order chi connectivity index (χ1) is 10.3. The Morgan fingerprint density at radius 1 is 1.00 bits per heavy atom. The molecule has 0 aliphatic rings. The smallest absolute Gasteiger partial charge is 0.118 e. The van der Waals surface area contributed by atoms with Crippen LogP contribution in [0.25, 0.3) is 0 Å². The van der Waals surface area contributed by atoms with Gasteiger partial charge in [-0.05, 0) is 35.4 Å². The number of aliphatic hydroxyl groups excluding tert-OH is 1. The third-order valence-electron chi connectivity index (χ3n) is 3.06. The monoisotopic (exact) mass is 287 g/mol. The average molecular weight is 287 g/mol. The minimum atomic E-state index is 0.123. The number of rotatable bonds is 8. The Bertz CT molecular complexity index is 540. The summed E-state index contributed by atoms with van der Waals surface area (Å²) in [6, 6.07) is 15.9. The van der Waals surface area contributed by atoms with Crippen LogP contribution in [0.2, 0.25) is 0 Å². The molecule has 2 rings (SSSR count). The lowest BCUT2D eigenvalue weighted by atomic mass is 10.2. The number of aliphatic hydroxyl groups is 1. The zero-order valence-corrected chi connectivity index (χ0v) is 12.2. The lowest BCUT2D eigenvalue weighted by Gasteiger charge is -2.08. The van der Waals surface area contributed by atoms with Crippen LogP contribution in [0.1, 0.15) is 11.1 Å². The van der Waals surface area contributed by atoms with Crippen molar-refractivity contribution >= 4 is 5.69 Å². The molecular formula is C17H21NO3. The van der Waals surface area contributed by atoms with Gasteiger partial charge in [0.25, 0.3) is 0 Å². The quantitative estimate of drug-likeness (QED) is 0.784. The summed E-state index contributed by atoms with van der Waals surface area (Å²) in [5.74, 6) is 0.849. The Balaban J connectivity index is 1.82. The summed E-state index contributed by atoms with van der Waals surface area (Å²) in [5, 5.41) is 11.9. The highest BCUT2D eigenvalue weighted by molar-refractivity contribution is 5.45. The van der Waals surface area contributed by atoms with E-state index < -0.39 is 0 Å². The lowest BCUT2D eigenvalue weighted by molar-refractivity contribution is 0.107. The summed E-state index contributed by atoms with van der Waals surface area (Å²) < 4.78 is 10.8. The summed E-state index contributed by atoms with van der Waals surface area (Å²) in [5.41, 5.74) is 3.21. The van der Waals surface area contributed by atoms with Crippen LogP contribution in [0.3, 0.4) is 0 Å². The van der Waals surface area contributed by atoms with Crippen LogP contribution in [-0.4, -0.2) is 25.4 Å². The molecule has 21 heavy (non-hydrogen) atoms. The molecule has 112 valence electrons. The minimum Gasteiger partial charge on any atom is -0.497 e. The maximum atomic E-state index is 8.81. The van der Waals surface area contributed by atoms with Gasteiger partial charge in [-0.1, -0.05) is 24.3 Å². The zero-order valence-electron chi connectivity index (χ0n) is 12.2. The third kappa shape index (κ3) is 5.10. The number of hydrogen-bond donors (Lipinski definition) is 2. The van der Waals surface area contributed by atoms with Gasteiger partial charge < -0.3 is 19.9 Å². The summed E-state index contributed by atoms with van der Waals surface area (Å²) in [6.07, 6.45) is 0. The molecular weight excluding hydrogens is 266 g/mol. The molecule has 0 aromatic heterocycles. The van der Waals surface area contributed by atoms with Gasteiger partial charge in [0.2, 0.25) is 0 Å². The fraction of sp³-hybridized carbons (Fsp3) is 0.294. The van der Waals surface area contributed by atoms with Crippen LogP contribution in [0.4, 0.5) is 5.69 Å². The van der Waals surface area contributed by atoms with Gasteiger partial charge in [0, 0.05) is 12.2 Å². The van der Waals surface area contributed by atoms with Gasteiger partial charge in [-0.3, -0.25) is 0 Å². The summed E-state index contributed by atoms with van der Waals surface area (Å²) in [7, 11) is 1.66. The predicted octanol–water partition coefficient (Wildman–Crippen LogP) is 2.82.